The van der Waals surface area contributed by atoms with Crippen LogP contribution in [0, 0.1) is 13.8 Å². The monoisotopic (exact) mass is 338 g/mol. The third kappa shape index (κ3) is 3.82. The molecule has 0 aliphatic carbocycles. The van der Waals surface area contributed by atoms with Gasteiger partial charge < -0.3 is 15.0 Å². The minimum absolute atomic E-state index is 0.00643. The maximum atomic E-state index is 12.5. The maximum absolute atomic E-state index is 12.5. The lowest BCUT2D eigenvalue weighted by atomic mass is 10.1. The van der Waals surface area contributed by atoms with Crippen LogP contribution < -0.4 is 15.0 Å². The van der Waals surface area contributed by atoms with Crippen LogP contribution in [0.1, 0.15) is 28.4 Å². The highest BCUT2D eigenvalue weighted by atomic mass is 16.5. The van der Waals surface area contributed by atoms with Crippen molar-refractivity contribution >= 4 is 23.1 Å². The number of carbonyl (C=O) groups excluding carboxylic acids is 2. The van der Waals surface area contributed by atoms with Gasteiger partial charge in [-0.3, -0.25) is 9.59 Å². The quantitative estimate of drug-likeness (QED) is 0.869. The van der Waals surface area contributed by atoms with E-state index in [-0.39, 0.29) is 18.2 Å². The molecular formula is C20H22N2O3. The number of hydrogen-bond donors (Lipinski definition) is 1. The number of amides is 1. The SMILES string of the molecule is CC(=O)c1ccc2c(c1)N(CC(=O)Nc1ccc(C)cc1C)CCO2. The van der Waals surface area contributed by atoms with Crippen LogP contribution in [-0.2, 0) is 4.79 Å². The predicted molar refractivity (Wildman–Crippen MR) is 98.7 cm³/mol. The number of hydrogen-bond acceptors (Lipinski definition) is 4. The summed E-state index contributed by atoms with van der Waals surface area (Å²) in [5.41, 5.74) is 4.42. The highest BCUT2D eigenvalue weighted by Crippen LogP contribution is 2.32. The number of benzene rings is 2. The molecule has 0 radical (unpaired) electrons. The lowest BCUT2D eigenvalue weighted by Crippen LogP contribution is -2.39. The van der Waals surface area contributed by atoms with E-state index in [9.17, 15) is 9.59 Å². The summed E-state index contributed by atoms with van der Waals surface area (Å²) in [6.45, 7) is 6.87. The standard InChI is InChI=1S/C20H22N2O3/c1-13-4-6-17(14(2)10-13)21-20(24)12-22-8-9-25-19-7-5-16(15(3)23)11-18(19)22/h4-7,10-11H,8-9,12H2,1-3H3,(H,21,24). The van der Waals surface area contributed by atoms with Gasteiger partial charge in [0.05, 0.1) is 18.8 Å². The molecule has 5 nitrogen and oxygen atoms in total. The first-order valence-corrected chi connectivity index (χ1v) is 8.34. The number of Topliss-reactive ketones (excluding diaryl/α,β-unsaturated/α-hetero) is 1. The molecule has 3 rings (SSSR count). The first-order valence-electron chi connectivity index (χ1n) is 8.34. The van der Waals surface area contributed by atoms with E-state index in [0.717, 1.165) is 22.5 Å². The average molecular weight is 338 g/mol. The van der Waals surface area contributed by atoms with Crippen LogP contribution in [0.3, 0.4) is 0 Å². The van der Waals surface area contributed by atoms with Gasteiger partial charge in [0.2, 0.25) is 5.91 Å². The van der Waals surface area contributed by atoms with Crippen molar-refractivity contribution in [1.82, 2.24) is 0 Å². The summed E-state index contributed by atoms with van der Waals surface area (Å²) in [7, 11) is 0. The number of ketones is 1. The fourth-order valence-electron chi connectivity index (χ4n) is 2.97. The topological polar surface area (TPSA) is 58.6 Å². The molecule has 5 heteroatoms. The van der Waals surface area contributed by atoms with Gasteiger partial charge in [0.15, 0.2) is 5.78 Å². The highest BCUT2D eigenvalue weighted by molar-refractivity contribution is 5.97. The zero-order valence-electron chi connectivity index (χ0n) is 14.8. The summed E-state index contributed by atoms with van der Waals surface area (Å²) in [6, 6.07) is 11.3. The molecule has 0 aromatic heterocycles. The third-order valence-corrected chi connectivity index (χ3v) is 4.32. The zero-order valence-corrected chi connectivity index (χ0v) is 14.8. The Morgan fingerprint density at radius 2 is 1.96 bits per heavy atom. The second-order valence-electron chi connectivity index (χ2n) is 6.38. The van der Waals surface area contributed by atoms with Crippen LogP contribution in [0.15, 0.2) is 36.4 Å². The van der Waals surface area contributed by atoms with Crippen molar-refractivity contribution in [3.8, 4) is 5.75 Å². The molecule has 0 saturated carbocycles. The van der Waals surface area contributed by atoms with Gasteiger partial charge in [-0.25, -0.2) is 0 Å². The molecule has 0 saturated heterocycles. The highest BCUT2D eigenvalue weighted by Gasteiger charge is 2.21. The Bertz CT molecular complexity index is 830. The number of anilines is 2. The summed E-state index contributed by atoms with van der Waals surface area (Å²) < 4.78 is 5.64. The number of nitrogens with one attached hydrogen (secondary N) is 1. The van der Waals surface area contributed by atoms with Crippen LogP contribution in [0.2, 0.25) is 0 Å². The molecule has 1 heterocycles. The van der Waals surface area contributed by atoms with Crippen LogP contribution in [-0.4, -0.2) is 31.4 Å². The molecular weight excluding hydrogens is 316 g/mol. The maximum Gasteiger partial charge on any atom is 0.243 e. The van der Waals surface area contributed by atoms with Gasteiger partial charge in [0.25, 0.3) is 0 Å². The van der Waals surface area contributed by atoms with Crippen molar-refractivity contribution in [2.75, 3.05) is 29.9 Å². The van der Waals surface area contributed by atoms with E-state index < -0.39 is 0 Å². The van der Waals surface area contributed by atoms with E-state index in [0.29, 0.717) is 24.5 Å². The molecule has 130 valence electrons. The van der Waals surface area contributed by atoms with E-state index in [2.05, 4.69) is 5.32 Å². The molecule has 0 spiro atoms. The predicted octanol–water partition coefficient (Wildman–Crippen LogP) is 3.34. The molecule has 2 aromatic carbocycles. The van der Waals surface area contributed by atoms with Gasteiger partial charge in [-0.05, 0) is 50.6 Å². The Balaban J connectivity index is 1.76. The Morgan fingerprint density at radius 1 is 1.16 bits per heavy atom. The molecule has 0 atom stereocenters. The molecule has 1 amide bonds. The van der Waals surface area contributed by atoms with Crippen molar-refractivity contribution in [2.24, 2.45) is 0 Å². The second-order valence-corrected chi connectivity index (χ2v) is 6.38. The normalized spacial score (nSPS) is 13.0. The summed E-state index contributed by atoms with van der Waals surface area (Å²) in [4.78, 5) is 26.1. The van der Waals surface area contributed by atoms with Gasteiger partial charge >= 0.3 is 0 Å². The lowest BCUT2D eigenvalue weighted by molar-refractivity contribution is -0.115. The van der Waals surface area contributed by atoms with Crippen LogP contribution >= 0.6 is 0 Å². The Hall–Kier alpha value is -2.82. The molecule has 25 heavy (non-hydrogen) atoms. The van der Waals surface area contributed by atoms with Crippen LogP contribution in [0.4, 0.5) is 11.4 Å². The smallest absolute Gasteiger partial charge is 0.243 e. The molecule has 1 aliphatic heterocycles. The number of carbonyl (C=O) groups is 2. The Morgan fingerprint density at radius 3 is 2.68 bits per heavy atom. The van der Waals surface area contributed by atoms with E-state index >= 15 is 0 Å². The molecule has 0 bridgehead atoms. The van der Waals surface area contributed by atoms with E-state index in [1.54, 1.807) is 18.2 Å². The first kappa shape index (κ1) is 17.0. The zero-order chi connectivity index (χ0) is 18.0. The van der Waals surface area contributed by atoms with Crippen molar-refractivity contribution in [1.29, 1.82) is 0 Å². The van der Waals surface area contributed by atoms with Gasteiger partial charge in [-0.2, -0.15) is 0 Å². The molecule has 0 fully saturated rings. The third-order valence-electron chi connectivity index (χ3n) is 4.32. The van der Waals surface area contributed by atoms with Crippen molar-refractivity contribution < 1.29 is 14.3 Å². The summed E-state index contributed by atoms with van der Waals surface area (Å²) in [5, 5.41) is 2.96. The molecule has 1 aliphatic rings. The van der Waals surface area contributed by atoms with Gasteiger partial charge in [-0.1, -0.05) is 17.7 Å². The second kappa shape index (κ2) is 6.97. The number of ether oxygens (including phenoxy) is 1. The summed E-state index contributed by atoms with van der Waals surface area (Å²) >= 11 is 0. The molecule has 1 N–H and O–H groups in total. The molecule has 2 aromatic rings. The average Bonchev–Trinajstić information content (AvgIpc) is 2.57. The van der Waals surface area contributed by atoms with Gasteiger partial charge in [-0.15, -0.1) is 0 Å². The summed E-state index contributed by atoms with van der Waals surface area (Å²) in [6.07, 6.45) is 0. The van der Waals surface area contributed by atoms with Crippen molar-refractivity contribution in [3.05, 3.63) is 53.1 Å². The fourth-order valence-corrected chi connectivity index (χ4v) is 2.97. The minimum Gasteiger partial charge on any atom is -0.490 e. The van der Waals surface area contributed by atoms with Crippen molar-refractivity contribution in [2.45, 2.75) is 20.8 Å². The number of rotatable bonds is 4. The summed E-state index contributed by atoms with van der Waals surface area (Å²) in [5.74, 6) is 0.608. The van der Waals surface area contributed by atoms with Crippen LogP contribution in [0.25, 0.3) is 0 Å². The minimum atomic E-state index is -0.0898. The Kier molecular flexibility index (Phi) is 4.74. The fraction of sp³-hybridized carbons (Fsp3) is 0.300. The number of aryl methyl sites for hydroxylation is 2. The number of nitrogens with zero attached hydrogens (tertiary/aromatic N) is 1. The van der Waals surface area contributed by atoms with Crippen molar-refractivity contribution in [3.63, 3.8) is 0 Å². The lowest BCUT2D eigenvalue weighted by Gasteiger charge is -2.31. The first-order chi connectivity index (χ1) is 11.9. The Labute approximate surface area is 147 Å². The largest absolute Gasteiger partial charge is 0.490 e. The molecule has 0 unspecified atom stereocenters. The van der Waals surface area contributed by atoms with E-state index in [1.807, 2.05) is 36.9 Å². The van der Waals surface area contributed by atoms with Crippen LogP contribution in [0.5, 0.6) is 5.75 Å². The van der Waals surface area contributed by atoms with Gasteiger partial charge in [0, 0.05) is 11.3 Å². The number of fused-ring (bicyclic) bond motifs is 1. The van der Waals surface area contributed by atoms with E-state index in [4.69, 9.17) is 4.74 Å². The van der Waals surface area contributed by atoms with Gasteiger partial charge in [0.1, 0.15) is 12.4 Å². The van der Waals surface area contributed by atoms with E-state index in [1.165, 1.54) is 6.92 Å².